The van der Waals surface area contributed by atoms with Crippen LogP contribution in [-0.2, 0) is 0 Å². The molecule has 3 aromatic heterocycles. The van der Waals surface area contributed by atoms with E-state index in [1.54, 1.807) is 6.20 Å². The minimum Gasteiger partial charge on any atom is -0.310 e. The van der Waals surface area contributed by atoms with E-state index in [-0.39, 0.29) is 22.8 Å². The average molecular weight is 307 g/mol. The molecule has 0 saturated carbocycles. The summed E-state index contributed by atoms with van der Waals surface area (Å²) in [5.41, 5.74) is 1.28. The summed E-state index contributed by atoms with van der Waals surface area (Å²) in [6.07, 6.45) is 2.56. The molecule has 0 aliphatic rings. The molecule has 3 rings (SSSR count). The van der Waals surface area contributed by atoms with E-state index in [0.29, 0.717) is 11.2 Å². The fraction of sp³-hybridized carbons (Fsp3) is 0.308. The summed E-state index contributed by atoms with van der Waals surface area (Å²) in [6.45, 7) is 5.94. The predicted octanol–water partition coefficient (Wildman–Crippen LogP) is 2.97. The first-order valence-electron chi connectivity index (χ1n) is 6.37. The number of hydrogen-bond donors (Lipinski definition) is 0. The van der Waals surface area contributed by atoms with E-state index in [1.807, 2.05) is 25.3 Å². The van der Waals surface area contributed by atoms with Gasteiger partial charge >= 0.3 is 0 Å². The summed E-state index contributed by atoms with van der Waals surface area (Å²) in [7, 11) is 0. The third-order valence-corrected chi connectivity index (χ3v) is 3.23. The number of halogens is 2. The predicted molar refractivity (Wildman–Crippen MR) is 76.4 cm³/mol. The number of rotatable bonds is 2. The fourth-order valence-electron chi connectivity index (χ4n) is 2.24. The molecule has 108 valence electrons. The maximum atomic E-state index is 13.8. The van der Waals surface area contributed by atoms with Gasteiger partial charge in [0.25, 0.3) is 0 Å². The lowest BCUT2D eigenvalue weighted by Crippen LogP contribution is -2.05. The number of aromatic nitrogens is 6. The number of aryl methyl sites for hydroxylation is 1. The van der Waals surface area contributed by atoms with Crippen LogP contribution in [0.2, 0.25) is 5.28 Å². The highest BCUT2D eigenvalue weighted by Gasteiger charge is 2.16. The first-order chi connectivity index (χ1) is 9.97. The van der Waals surface area contributed by atoms with E-state index >= 15 is 0 Å². The summed E-state index contributed by atoms with van der Waals surface area (Å²) >= 11 is 5.71. The Morgan fingerprint density at radius 1 is 1.14 bits per heavy atom. The van der Waals surface area contributed by atoms with Crippen molar-refractivity contribution in [1.29, 1.82) is 0 Å². The highest BCUT2D eigenvalue weighted by molar-refractivity contribution is 6.28. The molecule has 0 bridgehead atoms. The smallest absolute Gasteiger partial charge is 0.223 e. The van der Waals surface area contributed by atoms with Crippen molar-refractivity contribution in [2.45, 2.75) is 26.8 Å². The molecule has 21 heavy (non-hydrogen) atoms. The molecule has 0 saturated heterocycles. The maximum absolute atomic E-state index is 13.8. The van der Waals surface area contributed by atoms with Crippen molar-refractivity contribution in [1.82, 2.24) is 29.5 Å². The average Bonchev–Trinajstić information content (AvgIpc) is 2.76. The monoisotopic (exact) mass is 306 g/mol. The van der Waals surface area contributed by atoms with Gasteiger partial charge in [-0.1, -0.05) is 0 Å². The molecule has 8 heteroatoms. The van der Waals surface area contributed by atoms with Gasteiger partial charge in [-0.3, -0.25) is 0 Å². The van der Waals surface area contributed by atoms with Crippen molar-refractivity contribution in [3.05, 3.63) is 29.3 Å². The number of fused-ring (bicyclic) bond motifs is 1. The first kappa shape index (κ1) is 13.8. The minimum atomic E-state index is -0.619. The van der Waals surface area contributed by atoms with E-state index < -0.39 is 5.82 Å². The molecule has 3 heterocycles. The van der Waals surface area contributed by atoms with Crippen LogP contribution in [-0.4, -0.2) is 29.5 Å². The zero-order valence-electron chi connectivity index (χ0n) is 11.7. The second-order valence-electron chi connectivity index (χ2n) is 4.86. The summed E-state index contributed by atoms with van der Waals surface area (Å²) < 4.78 is 15.8. The molecule has 0 aliphatic heterocycles. The Bertz CT molecular complexity index is 829. The second kappa shape index (κ2) is 5.00. The Morgan fingerprint density at radius 2 is 1.90 bits per heavy atom. The third-order valence-electron chi connectivity index (χ3n) is 3.05. The Labute approximate surface area is 125 Å². The summed E-state index contributed by atoms with van der Waals surface area (Å²) in [4.78, 5) is 20.3. The van der Waals surface area contributed by atoms with Crippen molar-refractivity contribution >= 4 is 22.8 Å². The topological polar surface area (TPSA) is 69.4 Å². The first-order valence-corrected chi connectivity index (χ1v) is 6.75. The van der Waals surface area contributed by atoms with Crippen molar-refractivity contribution in [3.8, 4) is 11.5 Å². The van der Waals surface area contributed by atoms with Gasteiger partial charge in [0.05, 0.1) is 12.4 Å². The highest BCUT2D eigenvalue weighted by atomic mass is 35.5. The van der Waals surface area contributed by atoms with Gasteiger partial charge < -0.3 is 4.57 Å². The van der Waals surface area contributed by atoms with Gasteiger partial charge in [0.2, 0.25) is 5.28 Å². The van der Waals surface area contributed by atoms with Gasteiger partial charge in [0.1, 0.15) is 17.0 Å². The molecule has 3 aromatic rings. The van der Waals surface area contributed by atoms with Gasteiger partial charge in [0.15, 0.2) is 17.3 Å². The molecule has 6 nitrogen and oxygen atoms in total. The molecule has 0 N–H and O–H groups in total. The van der Waals surface area contributed by atoms with Crippen molar-refractivity contribution in [2.24, 2.45) is 0 Å². The lowest BCUT2D eigenvalue weighted by atomic mass is 10.3. The molecular formula is C13H12ClFN6. The SMILES string of the molecule is Cc1nc2cnc(-c3nc(Cl)ncc3F)nc2n1C(C)C. The molecular weight excluding hydrogens is 295 g/mol. The van der Waals surface area contributed by atoms with Crippen molar-refractivity contribution in [3.63, 3.8) is 0 Å². The summed E-state index contributed by atoms with van der Waals surface area (Å²) in [5.74, 6) is 0.366. The number of nitrogens with zero attached hydrogens (tertiary/aromatic N) is 6. The van der Waals surface area contributed by atoms with Crippen LogP contribution in [0.15, 0.2) is 12.4 Å². The molecule has 0 fully saturated rings. The molecule has 0 atom stereocenters. The van der Waals surface area contributed by atoms with Crippen LogP contribution < -0.4 is 0 Å². The van der Waals surface area contributed by atoms with Gasteiger partial charge in [-0.05, 0) is 32.4 Å². The van der Waals surface area contributed by atoms with E-state index in [9.17, 15) is 4.39 Å². The lowest BCUT2D eigenvalue weighted by Gasteiger charge is -2.10. The summed E-state index contributed by atoms with van der Waals surface area (Å²) in [5, 5.41) is -0.0522. The quantitative estimate of drug-likeness (QED) is 0.681. The van der Waals surface area contributed by atoms with Gasteiger partial charge in [0, 0.05) is 6.04 Å². The van der Waals surface area contributed by atoms with E-state index in [1.165, 1.54) is 0 Å². The maximum Gasteiger partial charge on any atom is 0.223 e. The van der Waals surface area contributed by atoms with Crippen LogP contribution >= 0.6 is 11.6 Å². The Balaban J connectivity index is 2.25. The van der Waals surface area contributed by atoms with E-state index in [4.69, 9.17) is 11.6 Å². The Hall–Kier alpha value is -2.15. The molecule has 0 spiro atoms. The van der Waals surface area contributed by atoms with Gasteiger partial charge in [-0.2, -0.15) is 0 Å². The van der Waals surface area contributed by atoms with Crippen LogP contribution in [0.3, 0.4) is 0 Å². The van der Waals surface area contributed by atoms with Crippen LogP contribution in [0.1, 0.15) is 25.7 Å². The molecule has 0 radical (unpaired) electrons. The van der Waals surface area contributed by atoms with Crippen molar-refractivity contribution < 1.29 is 4.39 Å². The normalized spacial score (nSPS) is 11.5. The second-order valence-corrected chi connectivity index (χ2v) is 5.20. The lowest BCUT2D eigenvalue weighted by molar-refractivity contribution is 0.595. The molecule has 0 unspecified atom stereocenters. The fourth-order valence-corrected chi connectivity index (χ4v) is 2.37. The zero-order valence-corrected chi connectivity index (χ0v) is 12.4. The van der Waals surface area contributed by atoms with Crippen molar-refractivity contribution in [2.75, 3.05) is 0 Å². The Kier molecular flexibility index (Phi) is 3.29. The molecule has 0 aliphatic carbocycles. The van der Waals surface area contributed by atoms with Crippen LogP contribution in [0.25, 0.3) is 22.7 Å². The largest absolute Gasteiger partial charge is 0.310 e. The summed E-state index contributed by atoms with van der Waals surface area (Å²) in [6, 6.07) is 0.177. The van der Waals surface area contributed by atoms with Gasteiger partial charge in [-0.25, -0.2) is 29.3 Å². The number of hydrogen-bond acceptors (Lipinski definition) is 5. The third kappa shape index (κ3) is 2.33. The van der Waals surface area contributed by atoms with Crippen LogP contribution in [0.5, 0.6) is 0 Å². The van der Waals surface area contributed by atoms with Gasteiger partial charge in [-0.15, -0.1) is 0 Å². The van der Waals surface area contributed by atoms with E-state index in [0.717, 1.165) is 12.0 Å². The molecule has 0 amide bonds. The number of imidazole rings is 1. The van der Waals surface area contributed by atoms with E-state index in [2.05, 4.69) is 24.9 Å². The minimum absolute atomic E-state index is 0.0222. The van der Waals surface area contributed by atoms with Crippen LogP contribution in [0, 0.1) is 12.7 Å². The highest BCUT2D eigenvalue weighted by Crippen LogP contribution is 2.23. The standard InChI is InChI=1S/C13H12ClFN6/c1-6(2)21-7(3)18-9-5-16-11(20-12(9)21)10-8(15)4-17-13(14)19-10/h4-6H,1-3H3. The van der Waals surface area contributed by atoms with Crippen LogP contribution in [0.4, 0.5) is 4.39 Å². The Morgan fingerprint density at radius 3 is 2.62 bits per heavy atom. The zero-order chi connectivity index (χ0) is 15.1. The molecule has 0 aromatic carbocycles.